The van der Waals surface area contributed by atoms with Crippen LogP contribution in [0.1, 0.15) is 66.1 Å². The molecule has 1 fully saturated rings. The molecule has 0 radical (unpaired) electrons. The maximum atomic E-state index is 13.2. The first-order valence-corrected chi connectivity index (χ1v) is 11.5. The molecule has 0 bridgehead atoms. The number of nitrogens with one attached hydrogen (secondary N) is 1. The number of aryl methyl sites for hydroxylation is 1. The Balaban J connectivity index is 1.61. The molecule has 0 spiro atoms. The average molecular weight is 447 g/mol. The van der Waals surface area contributed by atoms with Gasteiger partial charge in [0.25, 0.3) is 5.91 Å². The third kappa shape index (κ3) is 5.00. The van der Waals surface area contributed by atoms with Crippen LogP contribution in [0.2, 0.25) is 0 Å². The number of esters is 1. The molecule has 1 saturated carbocycles. The molecule has 1 N–H and O–H groups in total. The number of carbonyl (C=O) groups excluding carboxylic acids is 3. The number of ether oxygens (including phenoxy) is 1. The van der Waals surface area contributed by atoms with Crippen LogP contribution in [-0.4, -0.2) is 35.3 Å². The molecule has 2 aromatic rings. The van der Waals surface area contributed by atoms with Crippen LogP contribution in [0.4, 0.5) is 0 Å². The minimum atomic E-state index is -0.382. The van der Waals surface area contributed by atoms with E-state index in [2.05, 4.69) is 5.32 Å². The van der Waals surface area contributed by atoms with Crippen LogP contribution >= 0.6 is 0 Å². The lowest BCUT2D eigenvalue weighted by molar-refractivity contribution is -0.140. The van der Waals surface area contributed by atoms with Gasteiger partial charge in [-0.3, -0.25) is 9.59 Å². The van der Waals surface area contributed by atoms with Crippen molar-refractivity contribution in [2.24, 2.45) is 0 Å². The molecule has 1 unspecified atom stereocenters. The molecule has 6 nitrogen and oxygen atoms in total. The number of allylic oxidation sites excluding steroid dienone is 1. The number of rotatable bonds is 7. The third-order valence-corrected chi connectivity index (χ3v) is 6.35. The van der Waals surface area contributed by atoms with Crippen LogP contribution in [0.25, 0.3) is 0 Å². The van der Waals surface area contributed by atoms with E-state index in [1.165, 1.54) is 0 Å². The Bertz CT molecular complexity index is 1100. The fourth-order valence-electron chi connectivity index (χ4n) is 4.36. The van der Waals surface area contributed by atoms with E-state index in [4.69, 9.17) is 4.74 Å². The lowest BCUT2D eigenvalue weighted by atomic mass is 9.81. The van der Waals surface area contributed by atoms with E-state index < -0.39 is 0 Å². The molecule has 1 aliphatic heterocycles. The maximum absolute atomic E-state index is 13.2. The van der Waals surface area contributed by atoms with Gasteiger partial charge in [0.15, 0.2) is 0 Å². The molecule has 33 heavy (non-hydrogen) atoms. The molecule has 2 aliphatic rings. The summed E-state index contributed by atoms with van der Waals surface area (Å²) in [7, 11) is 0. The Morgan fingerprint density at radius 2 is 1.76 bits per heavy atom. The highest BCUT2D eigenvalue weighted by molar-refractivity contribution is 5.96. The first kappa shape index (κ1) is 22.8. The topological polar surface area (TPSA) is 75.7 Å². The summed E-state index contributed by atoms with van der Waals surface area (Å²) in [6.45, 7) is 6.19. The monoisotopic (exact) mass is 446 g/mol. The third-order valence-electron chi connectivity index (χ3n) is 6.35. The highest BCUT2D eigenvalue weighted by Gasteiger charge is 2.37. The zero-order valence-electron chi connectivity index (χ0n) is 19.4. The van der Waals surface area contributed by atoms with Crippen molar-refractivity contribution < 1.29 is 19.1 Å². The smallest absolute Gasteiger partial charge is 0.336 e. The Hall–Kier alpha value is -3.41. The molecule has 6 heteroatoms. The van der Waals surface area contributed by atoms with Crippen molar-refractivity contribution in [2.75, 3.05) is 6.61 Å². The van der Waals surface area contributed by atoms with E-state index in [9.17, 15) is 14.4 Å². The van der Waals surface area contributed by atoms with Crippen LogP contribution in [-0.2, 0) is 20.9 Å². The van der Waals surface area contributed by atoms with E-state index in [-0.39, 0.29) is 36.7 Å². The molecule has 0 saturated heterocycles. The highest BCUT2D eigenvalue weighted by atomic mass is 16.5. The highest BCUT2D eigenvalue weighted by Crippen LogP contribution is 2.38. The van der Waals surface area contributed by atoms with E-state index in [0.29, 0.717) is 29.4 Å². The first-order chi connectivity index (χ1) is 15.9. The SMILES string of the molecule is CCOC(=O)C1=C(C)N(Cc2ccc(C(=O)NC3CC3)cc2)C(=O)CC1c1ccccc1C. The minimum Gasteiger partial charge on any atom is -0.463 e. The van der Waals surface area contributed by atoms with Gasteiger partial charge in [-0.15, -0.1) is 0 Å². The van der Waals surface area contributed by atoms with Crippen molar-refractivity contribution in [3.8, 4) is 0 Å². The summed E-state index contributed by atoms with van der Waals surface area (Å²) in [4.78, 5) is 40.1. The van der Waals surface area contributed by atoms with Gasteiger partial charge in [-0.05, 0) is 62.4 Å². The van der Waals surface area contributed by atoms with E-state index in [1.54, 1.807) is 24.0 Å². The van der Waals surface area contributed by atoms with Gasteiger partial charge in [0.1, 0.15) is 0 Å². The van der Waals surface area contributed by atoms with Crippen molar-refractivity contribution in [1.29, 1.82) is 0 Å². The molecule has 1 aliphatic carbocycles. The van der Waals surface area contributed by atoms with Gasteiger partial charge < -0.3 is 15.0 Å². The quantitative estimate of drug-likeness (QED) is 0.646. The van der Waals surface area contributed by atoms with Crippen molar-refractivity contribution in [3.05, 3.63) is 82.1 Å². The maximum Gasteiger partial charge on any atom is 0.336 e. The molecule has 172 valence electrons. The summed E-state index contributed by atoms with van der Waals surface area (Å²) >= 11 is 0. The largest absolute Gasteiger partial charge is 0.463 e. The molecule has 0 aromatic heterocycles. The molecular formula is C27H30N2O4. The fraction of sp³-hybridized carbons (Fsp3) is 0.370. The molecule has 4 rings (SSSR count). The van der Waals surface area contributed by atoms with E-state index >= 15 is 0 Å². The molecule has 1 heterocycles. The van der Waals surface area contributed by atoms with Gasteiger partial charge in [-0.1, -0.05) is 36.4 Å². The number of hydrogen-bond acceptors (Lipinski definition) is 4. The molecule has 2 amide bonds. The second-order valence-electron chi connectivity index (χ2n) is 8.76. The van der Waals surface area contributed by atoms with Gasteiger partial charge in [-0.2, -0.15) is 0 Å². The zero-order chi connectivity index (χ0) is 23.5. The summed E-state index contributed by atoms with van der Waals surface area (Å²) in [6.07, 6.45) is 2.29. The average Bonchev–Trinajstić information content (AvgIpc) is 3.61. The lowest BCUT2D eigenvalue weighted by Gasteiger charge is -2.35. The van der Waals surface area contributed by atoms with Crippen molar-refractivity contribution >= 4 is 17.8 Å². The fourth-order valence-corrected chi connectivity index (χ4v) is 4.36. The predicted octanol–water partition coefficient (Wildman–Crippen LogP) is 4.24. The van der Waals surface area contributed by atoms with Crippen LogP contribution < -0.4 is 5.32 Å². The Labute approximate surface area is 194 Å². The number of amides is 2. The predicted molar refractivity (Wildman–Crippen MR) is 125 cm³/mol. The van der Waals surface area contributed by atoms with Crippen molar-refractivity contribution in [2.45, 2.75) is 58.5 Å². The van der Waals surface area contributed by atoms with E-state index in [0.717, 1.165) is 29.5 Å². The van der Waals surface area contributed by atoms with Crippen LogP contribution in [0, 0.1) is 6.92 Å². The van der Waals surface area contributed by atoms with Crippen molar-refractivity contribution in [1.82, 2.24) is 10.2 Å². The normalized spacial score (nSPS) is 18.3. The number of nitrogens with zero attached hydrogens (tertiary/aromatic N) is 1. The summed E-state index contributed by atoms with van der Waals surface area (Å²) in [5, 5.41) is 2.98. The molecular weight excluding hydrogens is 416 g/mol. The summed E-state index contributed by atoms with van der Waals surface area (Å²) in [5.74, 6) is -0.820. The Morgan fingerprint density at radius 3 is 2.39 bits per heavy atom. The second kappa shape index (κ2) is 9.61. The first-order valence-electron chi connectivity index (χ1n) is 11.5. The molecule has 1 atom stereocenters. The van der Waals surface area contributed by atoms with Crippen LogP contribution in [0.3, 0.4) is 0 Å². The number of benzene rings is 2. The van der Waals surface area contributed by atoms with Crippen molar-refractivity contribution in [3.63, 3.8) is 0 Å². The van der Waals surface area contributed by atoms with Gasteiger partial charge >= 0.3 is 5.97 Å². The van der Waals surface area contributed by atoms with Gasteiger partial charge in [-0.25, -0.2) is 4.79 Å². The number of carbonyl (C=O) groups is 3. The van der Waals surface area contributed by atoms with Gasteiger partial charge in [0.2, 0.25) is 5.91 Å². The lowest BCUT2D eigenvalue weighted by Crippen LogP contribution is -2.38. The standard InChI is InChI=1S/C27H30N2O4/c1-4-33-27(32)25-18(3)29(24(30)15-23(25)22-8-6-5-7-17(22)2)16-19-9-11-20(12-10-19)26(31)28-21-13-14-21/h5-12,21,23H,4,13-16H2,1-3H3,(H,28,31). The Kier molecular flexibility index (Phi) is 6.63. The summed E-state index contributed by atoms with van der Waals surface area (Å²) < 4.78 is 5.38. The summed E-state index contributed by atoms with van der Waals surface area (Å²) in [6, 6.07) is 15.4. The van der Waals surface area contributed by atoms with E-state index in [1.807, 2.05) is 50.2 Å². The van der Waals surface area contributed by atoms with Gasteiger partial charge in [0, 0.05) is 29.6 Å². The van der Waals surface area contributed by atoms with Gasteiger partial charge in [0.05, 0.1) is 18.7 Å². The molecule has 2 aromatic carbocycles. The van der Waals surface area contributed by atoms with Crippen LogP contribution in [0.5, 0.6) is 0 Å². The van der Waals surface area contributed by atoms with Crippen LogP contribution in [0.15, 0.2) is 59.8 Å². The minimum absolute atomic E-state index is 0.0376. The number of hydrogen-bond donors (Lipinski definition) is 1. The summed E-state index contributed by atoms with van der Waals surface area (Å²) in [5.41, 5.74) is 4.66. The zero-order valence-corrected chi connectivity index (χ0v) is 19.4. The Morgan fingerprint density at radius 1 is 1.06 bits per heavy atom. The second-order valence-corrected chi connectivity index (χ2v) is 8.76.